The molecule has 0 aromatic carbocycles. The fraction of sp³-hybridized carbons (Fsp3) is 0.786. The third-order valence-corrected chi connectivity index (χ3v) is 4.11. The molecule has 2 rings (SSSR count). The second kappa shape index (κ2) is 4.70. The van der Waals surface area contributed by atoms with Crippen LogP contribution in [-0.4, -0.2) is 16.5 Å². The Morgan fingerprint density at radius 2 is 2.06 bits per heavy atom. The van der Waals surface area contributed by atoms with Gasteiger partial charge in [-0.05, 0) is 62.9 Å². The predicted molar refractivity (Wildman–Crippen MR) is 64.1 cm³/mol. The monoisotopic (exact) mass is 222 g/mol. The van der Waals surface area contributed by atoms with Gasteiger partial charge in [0.15, 0.2) is 5.78 Å². The van der Waals surface area contributed by atoms with Crippen LogP contribution in [0.1, 0.15) is 58.3 Å². The van der Waals surface area contributed by atoms with Crippen LogP contribution in [0, 0.1) is 5.92 Å². The zero-order valence-electron chi connectivity index (χ0n) is 10.2. The van der Waals surface area contributed by atoms with Crippen molar-refractivity contribution in [1.29, 1.82) is 0 Å². The lowest BCUT2D eigenvalue weighted by atomic mass is 9.74. The van der Waals surface area contributed by atoms with E-state index in [1.807, 2.05) is 6.08 Å². The highest BCUT2D eigenvalue weighted by molar-refractivity contribution is 6.01. The summed E-state index contributed by atoms with van der Waals surface area (Å²) in [5, 5.41) is 10.4. The van der Waals surface area contributed by atoms with Crippen LogP contribution in [0.2, 0.25) is 0 Å². The summed E-state index contributed by atoms with van der Waals surface area (Å²) in [5.74, 6) is 0.688. The molecule has 1 saturated carbocycles. The summed E-state index contributed by atoms with van der Waals surface area (Å²) in [5.41, 5.74) is -0.140. The molecule has 90 valence electrons. The van der Waals surface area contributed by atoms with Crippen molar-refractivity contribution in [3.8, 4) is 0 Å². The maximum atomic E-state index is 12.3. The topological polar surface area (TPSA) is 37.3 Å². The van der Waals surface area contributed by atoms with Crippen LogP contribution in [0.15, 0.2) is 11.6 Å². The van der Waals surface area contributed by atoms with E-state index in [-0.39, 0.29) is 5.78 Å². The SMILES string of the molecule is CC1CCC(O)(C(=O)C2=CCCCC2)CC1. The summed E-state index contributed by atoms with van der Waals surface area (Å²) < 4.78 is 0. The summed E-state index contributed by atoms with van der Waals surface area (Å²) in [7, 11) is 0. The van der Waals surface area contributed by atoms with E-state index in [4.69, 9.17) is 0 Å². The Bertz CT molecular complexity index is 296. The molecule has 2 heteroatoms. The van der Waals surface area contributed by atoms with Gasteiger partial charge in [-0.15, -0.1) is 0 Å². The minimum absolute atomic E-state index is 0.0269. The lowest BCUT2D eigenvalue weighted by molar-refractivity contribution is -0.137. The number of carbonyl (C=O) groups excluding carboxylic acids is 1. The molecule has 16 heavy (non-hydrogen) atoms. The van der Waals surface area contributed by atoms with Gasteiger partial charge in [0.2, 0.25) is 0 Å². The molecule has 0 saturated heterocycles. The van der Waals surface area contributed by atoms with E-state index < -0.39 is 5.60 Å². The lowest BCUT2D eigenvalue weighted by Gasteiger charge is -2.34. The Hall–Kier alpha value is -0.630. The molecule has 0 bridgehead atoms. The largest absolute Gasteiger partial charge is 0.382 e. The fourth-order valence-corrected chi connectivity index (χ4v) is 2.81. The first-order chi connectivity index (χ1) is 7.62. The number of rotatable bonds is 2. The van der Waals surface area contributed by atoms with Gasteiger partial charge in [0, 0.05) is 0 Å². The Morgan fingerprint density at radius 1 is 1.38 bits per heavy atom. The summed E-state index contributed by atoms with van der Waals surface area (Å²) in [6, 6.07) is 0. The Kier molecular flexibility index (Phi) is 3.48. The molecule has 0 unspecified atom stereocenters. The number of hydrogen-bond acceptors (Lipinski definition) is 2. The first kappa shape index (κ1) is 11.8. The molecule has 0 heterocycles. The summed E-state index contributed by atoms with van der Waals surface area (Å²) in [4.78, 5) is 12.3. The molecule has 1 fully saturated rings. The van der Waals surface area contributed by atoms with E-state index in [0.29, 0.717) is 18.8 Å². The van der Waals surface area contributed by atoms with Gasteiger partial charge in [0.25, 0.3) is 0 Å². The van der Waals surface area contributed by atoms with Crippen LogP contribution in [0.3, 0.4) is 0 Å². The van der Waals surface area contributed by atoms with Crippen molar-refractivity contribution < 1.29 is 9.90 Å². The summed E-state index contributed by atoms with van der Waals surface area (Å²) in [6.45, 7) is 2.20. The van der Waals surface area contributed by atoms with E-state index in [1.54, 1.807) is 0 Å². The molecule has 2 aliphatic rings. The van der Waals surface area contributed by atoms with Crippen LogP contribution < -0.4 is 0 Å². The van der Waals surface area contributed by atoms with E-state index in [9.17, 15) is 9.90 Å². The van der Waals surface area contributed by atoms with Crippen LogP contribution >= 0.6 is 0 Å². The van der Waals surface area contributed by atoms with Gasteiger partial charge in [0.05, 0.1) is 0 Å². The molecule has 2 nitrogen and oxygen atoms in total. The van der Waals surface area contributed by atoms with E-state index in [1.165, 1.54) is 6.42 Å². The first-order valence-electron chi connectivity index (χ1n) is 6.58. The second-order valence-corrected chi connectivity index (χ2v) is 5.52. The standard InChI is InChI=1S/C14H22O2/c1-11-7-9-14(16,10-8-11)13(15)12-5-3-2-4-6-12/h5,11,16H,2-4,6-10H2,1H3. The van der Waals surface area contributed by atoms with Crippen molar-refractivity contribution in [2.75, 3.05) is 0 Å². The highest BCUT2D eigenvalue weighted by atomic mass is 16.3. The van der Waals surface area contributed by atoms with Crippen molar-refractivity contribution in [2.45, 2.75) is 63.9 Å². The molecule has 0 aromatic rings. The van der Waals surface area contributed by atoms with Crippen molar-refractivity contribution in [2.24, 2.45) is 5.92 Å². The Balaban J connectivity index is 2.05. The predicted octanol–water partition coefficient (Wildman–Crippen LogP) is 3.00. The third-order valence-electron chi connectivity index (χ3n) is 4.11. The minimum Gasteiger partial charge on any atom is -0.382 e. The maximum absolute atomic E-state index is 12.3. The van der Waals surface area contributed by atoms with Gasteiger partial charge < -0.3 is 5.11 Å². The van der Waals surface area contributed by atoms with E-state index in [0.717, 1.165) is 37.7 Å². The number of Topliss-reactive ketones (excluding diaryl/α,β-unsaturated/α-hetero) is 1. The molecule has 0 spiro atoms. The highest BCUT2D eigenvalue weighted by Crippen LogP contribution is 2.35. The zero-order valence-corrected chi connectivity index (χ0v) is 10.2. The molecule has 0 atom stereocenters. The summed E-state index contributed by atoms with van der Waals surface area (Å²) in [6.07, 6.45) is 9.49. The number of hydrogen-bond donors (Lipinski definition) is 1. The normalized spacial score (nSPS) is 35.6. The maximum Gasteiger partial charge on any atom is 0.189 e. The lowest BCUT2D eigenvalue weighted by Crippen LogP contribution is -2.42. The van der Waals surface area contributed by atoms with Gasteiger partial charge in [0.1, 0.15) is 5.60 Å². The molecule has 1 N–H and O–H groups in total. The van der Waals surface area contributed by atoms with Gasteiger partial charge in [-0.3, -0.25) is 4.79 Å². The van der Waals surface area contributed by atoms with Crippen LogP contribution in [0.4, 0.5) is 0 Å². The van der Waals surface area contributed by atoms with Crippen LogP contribution in [-0.2, 0) is 4.79 Å². The average molecular weight is 222 g/mol. The quantitative estimate of drug-likeness (QED) is 0.780. The number of allylic oxidation sites excluding steroid dienone is 1. The Morgan fingerprint density at radius 3 is 2.62 bits per heavy atom. The fourth-order valence-electron chi connectivity index (χ4n) is 2.81. The molecule has 0 aliphatic heterocycles. The molecule has 2 aliphatic carbocycles. The molecular weight excluding hydrogens is 200 g/mol. The van der Waals surface area contributed by atoms with E-state index >= 15 is 0 Å². The molecule has 0 amide bonds. The van der Waals surface area contributed by atoms with Crippen molar-refractivity contribution in [1.82, 2.24) is 0 Å². The van der Waals surface area contributed by atoms with E-state index in [2.05, 4.69) is 6.92 Å². The first-order valence-corrected chi connectivity index (χ1v) is 6.58. The summed E-state index contributed by atoms with van der Waals surface area (Å²) >= 11 is 0. The van der Waals surface area contributed by atoms with Gasteiger partial charge in [-0.2, -0.15) is 0 Å². The molecular formula is C14H22O2. The number of aliphatic hydroxyl groups is 1. The van der Waals surface area contributed by atoms with Gasteiger partial charge >= 0.3 is 0 Å². The highest BCUT2D eigenvalue weighted by Gasteiger charge is 2.39. The van der Waals surface area contributed by atoms with Gasteiger partial charge in [-0.1, -0.05) is 13.0 Å². The smallest absolute Gasteiger partial charge is 0.189 e. The molecule has 0 radical (unpaired) electrons. The van der Waals surface area contributed by atoms with Gasteiger partial charge in [-0.25, -0.2) is 0 Å². The third kappa shape index (κ3) is 2.37. The average Bonchev–Trinajstić information content (AvgIpc) is 2.33. The Labute approximate surface area is 97.7 Å². The minimum atomic E-state index is -1.03. The van der Waals surface area contributed by atoms with Crippen LogP contribution in [0.5, 0.6) is 0 Å². The van der Waals surface area contributed by atoms with Crippen LogP contribution in [0.25, 0.3) is 0 Å². The molecule has 0 aromatic heterocycles. The number of ketones is 1. The van der Waals surface area contributed by atoms with Crippen molar-refractivity contribution in [3.05, 3.63) is 11.6 Å². The number of carbonyl (C=O) groups is 1. The van der Waals surface area contributed by atoms with Crippen molar-refractivity contribution in [3.63, 3.8) is 0 Å². The zero-order chi connectivity index (χ0) is 11.6. The van der Waals surface area contributed by atoms with Crippen molar-refractivity contribution >= 4 is 5.78 Å². The second-order valence-electron chi connectivity index (χ2n) is 5.52.